The molecule has 29 heavy (non-hydrogen) atoms. The first-order valence-corrected chi connectivity index (χ1v) is 9.67. The van der Waals surface area contributed by atoms with Crippen molar-refractivity contribution in [3.05, 3.63) is 71.1 Å². The average Bonchev–Trinajstić information content (AvgIpc) is 3.08. The van der Waals surface area contributed by atoms with Gasteiger partial charge in [-0.25, -0.2) is 4.79 Å². The first-order chi connectivity index (χ1) is 14.1. The first-order valence-electron chi connectivity index (χ1n) is 9.67. The fourth-order valence-corrected chi connectivity index (χ4v) is 3.55. The molecule has 5 nitrogen and oxygen atoms in total. The average molecular weight is 393 g/mol. The highest BCUT2D eigenvalue weighted by Gasteiger charge is 2.14. The van der Waals surface area contributed by atoms with E-state index >= 15 is 0 Å². The molecule has 0 atom stereocenters. The lowest BCUT2D eigenvalue weighted by atomic mass is 10.0. The summed E-state index contributed by atoms with van der Waals surface area (Å²) in [6, 6.07) is 11.9. The monoisotopic (exact) mass is 393 g/mol. The molecule has 0 aliphatic carbocycles. The molecule has 0 bridgehead atoms. The molecule has 3 rings (SSSR count). The van der Waals surface area contributed by atoms with E-state index in [-0.39, 0.29) is 5.97 Å². The Kier molecular flexibility index (Phi) is 6.60. The van der Waals surface area contributed by atoms with Crippen LogP contribution in [0.25, 0.3) is 17.0 Å². The predicted octanol–water partition coefficient (Wildman–Crippen LogP) is 5.05. The van der Waals surface area contributed by atoms with Gasteiger partial charge in [0, 0.05) is 30.1 Å². The summed E-state index contributed by atoms with van der Waals surface area (Å²) in [5.74, 6) is 0.309. The van der Waals surface area contributed by atoms with Crippen LogP contribution in [0.3, 0.4) is 0 Å². The van der Waals surface area contributed by atoms with E-state index in [2.05, 4.69) is 35.9 Å². The molecule has 0 aliphatic rings. The summed E-state index contributed by atoms with van der Waals surface area (Å²) in [4.78, 5) is 11.8. The molecule has 152 valence electrons. The van der Waals surface area contributed by atoms with Crippen LogP contribution in [0.2, 0.25) is 0 Å². The Hall–Kier alpha value is -3.21. The highest BCUT2D eigenvalue weighted by Crippen LogP contribution is 2.29. The van der Waals surface area contributed by atoms with Crippen LogP contribution in [0.5, 0.6) is 5.75 Å². The lowest BCUT2D eigenvalue weighted by Crippen LogP contribution is -2.03. The molecule has 3 aromatic rings. The van der Waals surface area contributed by atoms with Gasteiger partial charge in [0.25, 0.3) is 0 Å². The number of aryl methyl sites for hydroxylation is 1. The topological polar surface area (TPSA) is 49.7 Å². The highest BCUT2D eigenvalue weighted by molar-refractivity contribution is 5.90. The van der Waals surface area contributed by atoms with Gasteiger partial charge in [-0.1, -0.05) is 19.1 Å². The summed E-state index contributed by atoms with van der Waals surface area (Å²) < 4.78 is 17.7. The van der Waals surface area contributed by atoms with Gasteiger partial charge in [0.2, 0.25) is 0 Å². The Balaban J connectivity index is 2.04. The number of carbonyl (C=O) groups excluding carboxylic acids is 1. The zero-order valence-corrected chi connectivity index (χ0v) is 17.4. The van der Waals surface area contributed by atoms with Crippen molar-refractivity contribution >= 4 is 22.9 Å². The van der Waals surface area contributed by atoms with Crippen LogP contribution >= 0.6 is 0 Å². The number of benzene rings is 2. The molecule has 0 saturated carbocycles. The minimum Gasteiger partial charge on any atom is -0.504 e. The summed E-state index contributed by atoms with van der Waals surface area (Å²) in [6.07, 6.45) is 7.61. The van der Waals surface area contributed by atoms with Crippen molar-refractivity contribution in [1.29, 1.82) is 0 Å². The zero-order chi connectivity index (χ0) is 20.8. The van der Waals surface area contributed by atoms with Gasteiger partial charge in [-0.15, -0.1) is 0 Å². The summed E-state index contributed by atoms with van der Waals surface area (Å²) in [5.41, 5.74) is 5.01. The van der Waals surface area contributed by atoms with Crippen LogP contribution in [0, 0.1) is 0 Å². The third-order valence-corrected chi connectivity index (χ3v) is 4.94. The van der Waals surface area contributed by atoms with Gasteiger partial charge in [-0.3, -0.25) is 0 Å². The Morgan fingerprint density at radius 1 is 1.07 bits per heavy atom. The molecule has 0 amide bonds. The van der Waals surface area contributed by atoms with Crippen molar-refractivity contribution < 1.29 is 19.0 Å². The number of hydrogen-bond acceptors (Lipinski definition) is 4. The van der Waals surface area contributed by atoms with Gasteiger partial charge in [0.05, 0.1) is 33.2 Å². The molecular formula is C24H27NO4. The maximum Gasteiger partial charge on any atom is 0.337 e. The third kappa shape index (κ3) is 4.45. The van der Waals surface area contributed by atoms with Crippen LogP contribution in [-0.2, 0) is 22.4 Å². The summed E-state index contributed by atoms with van der Waals surface area (Å²) in [7, 11) is 4.64. The van der Waals surface area contributed by atoms with Crippen molar-refractivity contribution in [2.24, 2.45) is 0 Å². The molecule has 1 heterocycles. The number of ether oxygens (including phenoxy) is 3. The zero-order valence-electron chi connectivity index (χ0n) is 17.4. The van der Waals surface area contributed by atoms with Crippen LogP contribution in [-0.4, -0.2) is 31.9 Å². The molecule has 0 fully saturated rings. The largest absolute Gasteiger partial charge is 0.504 e. The normalized spacial score (nSPS) is 11.2. The van der Waals surface area contributed by atoms with Gasteiger partial charge >= 0.3 is 5.97 Å². The quantitative estimate of drug-likeness (QED) is 0.397. The fraction of sp³-hybridized carbons (Fsp3) is 0.292. The van der Waals surface area contributed by atoms with E-state index in [0.717, 1.165) is 24.1 Å². The molecular weight excluding hydrogens is 366 g/mol. The first kappa shape index (κ1) is 20.5. The maximum absolute atomic E-state index is 11.8. The lowest BCUT2D eigenvalue weighted by Gasteiger charge is -2.10. The van der Waals surface area contributed by atoms with E-state index in [9.17, 15) is 4.79 Å². The summed E-state index contributed by atoms with van der Waals surface area (Å²) >= 11 is 0. The van der Waals surface area contributed by atoms with Crippen LogP contribution in [0.15, 0.2) is 48.9 Å². The second-order valence-corrected chi connectivity index (χ2v) is 6.86. The van der Waals surface area contributed by atoms with Gasteiger partial charge in [-0.05, 0) is 53.5 Å². The second-order valence-electron chi connectivity index (χ2n) is 6.86. The van der Waals surface area contributed by atoms with E-state index in [0.29, 0.717) is 17.7 Å². The second kappa shape index (κ2) is 9.32. The molecule has 0 aliphatic heterocycles. The van der Waals surface area contributed by atoms with E-state index in [1.807, 2.05) is 12.1 Å². The lowest BCUT2D eigenvalue weighted by molar-refractivity contribution is 0.0600. The highest BCUT2D eigenvalue weighted by atomic mass is 16.5. The number of hydrogen-bond donors (Lipinski definition) is 0. The van der Waals surface area contributed by atoms with Gasteiger partial charge in [0.15, 0.2) is 0 Å². The smallest absolute Gasteiger partial charge is 0.337 e. The maximum atomic E-state index is 11.8. The van der Waals surface area contributed by atoms with Gasteiger partial charge in [-0.2, -0.15) is 0 Å². The number of rotatable bonds is 8. The molecule has 0 N–H and O–H groups in total. The van der Waals surface area contributed by atoms with Crippen molar-refractivity contribution in [2.45, 2.75) is 26.3 Å². The van der Waals surface area contributed by atoms with Crippen molar-refractivity contribution in [3.8, 4) is 5.75 Å². The number of methoxy groups -OCH3 is 3. The van der Waals surface area contributed by atoms with E-state index in [4.69, 9.17) is 14.2 Å². The minimum absolute atomic E-state index is 0.371. The Labute approximate surface area is 171 Å². The number of nitrogens with zero attached hydrogens (tertiary/aromatic N) is 1. The molecule has 0 saturated heterocycles. The Bertz CT molecular complexity index is 1030. The van der Waals surface area contributed by atoms with E-state index < -0.39 is 0 Å². The predicted molar refractivity (Wildman–Crippen MR) is 115 cm³/mol. The number of aromatic nitrogens is 1. The molecule has 0 spiro atoms. The molecule has 1 aromatic heterocycles. The summed E-state index contributed by atoms with van der Waals surface area (Å²) in [6.45, 7) is 3.14. The van der Waals surface area contributed by atoms with Crippen molar-refractivity contribution in [2.75, 3.05) is 21.3 Å². The van der Waals surface area contributed by atoms with Crippen LogP contribution < -0.4 is 4.74 Å². The molecule has 2 aromatic carbocycles. The molecule has 0 unspecified atom stereocenters. The Morgan fingerprint density at radius 2 is 1.90 bits per heavy atom. The van der Waals surface area contributed by atoms with Gasteiger partial charge in [0.1, 0.15) is 5.75 Å². The minimum atomic E-state index is -0.371. The number of carbonyl (C=O) groups is 1. The molecule has 0 radical (unpaired) electrons. The van der Waals surface area contributed by atoms with Gasteiger partial charge < -0.3 is 18.8 Å². The van der Waals surface area contributed by atoms with E-state index in [1.54, 1.807) is 32.6 Å². The summed E-state index contributed by atoms with van der Waals surface area (Å²) in [5, 5.41) is 1.20. The standard InChI is InChI=1S/C24H27NO4/c1-5-11-25-16-20(21-13-17(10-12-27-2)6-9-22(21)25)14-18-7-8-19(24(26)29-4)15-23(18)28-3/h6-10,12-13,15-16H,5,11,14H2,1-4H3. The van der Waals surface area contributed by atoms with Crippen molar-refractivity contribution in [3.63, 3.8) is 0 Å². The SMILES string of the molecule is CCCn1cc(Cc2ccc(C(=O)OC)cc2OC)c2cc(C=COC)ccc21. The molecule has 5 heteroatoms. The Morgan fingerprint density at radius 3 is 2.59 bits per heavy atom. The van der Waals surface area contributed by atoms with Crippen LogP contribution in [0.1, 0.15) is 40.4 Å². The van der Waals surface area contributed by atoms with E-state index in [1.165, 1.54) is 23.6 Å². The van der Waals surface area contributed by atoms with Crippen LogP contribution in [0.4, 0.5) is 0 Å². The third-order valence-electron chi connectivity index (χ3n) is 4.94. The number of fused-ring (bicyclic) bond motifs is 1. The van der Waals surface area contributed by atoms with Crippen molar-refractivity contribution in [1.82, 2.24) is 4.57 Å². The number of esters is 1. The fourth-order valence-electron chi connectivity index (χ4n) is 3.55.